The number of rotatable bonds is 19. The van der Waals surface area contributed by atoms with Crippen molar-refractivity contribution in [2.24, 2.45) is 23.7 Å². The van der Waals surface area contributed by atoms with Crippen LogP contribution >= 0.6 is 0 Å². The summed E-state index contributed by atoms with van der Waals surface area (Å²) in [4.78, 5) is 14.8. The minimum absolute atomic E-state index is 0.0196. The van der Waals surface area contributed by atoms with Crippen molar-refractivity contribution >= 4 is 5.97 Å². The first-order valence-corrected chi connectivity index (χ1v) is 22.0. The zero-order valence-electron chi connectivity index (χ0n) is 36.5. The van der Waals surface area contributed by atoms with Gasteiger partial charge >= 0.3 is 5.97 Å². The second-order valence-corrected chi connectivity index (χ2v) is 17.0. The van der Waals surface area contributed by atoms with Crippen LogP contribution in [0.5, 0.6) is 0 Å². The molecule has 3 heterocycles. The Bertz CT molecular complexity index is 1700. The molecule has 12 atom stereocenters. The van der Waals surface area contributed by atoms with Crippen LogP contribution in [0.15, 0.2) is 103 Å². The van der Waals surface area contributed by atoms with Crippen LogP contribution in [-0.2, 0) is 67.2 Å². The van der Waals surface area contributed by atoms with Gasteiger partial charge in [-0.25, -0.2) is 0 Å². The van der Waals surface area contributed by atoms with Crippen molar-refractivity contribution in [1.29, 1.82) is 0 Å². The third-order valence-electron chi connectivity index (χ3n) is 12.5. The quantitative estimate of drug-likeness (QED) is 0.0661. The Morgan fingerprint density at radius 3 is 2.08 bits per heavy atom. The van der Waals surface area contributed by atoms with Crippen molar-refractivity contribution in [3.8, 4) is 0 Å². The highest BCUT2D eigenvalue weighted by molar-refractivity contribution is 5.73. The molecule has 6 rings (SSSR count). The summed E-state index contributed by atoms with van der Waals surface area (Å²) in [5, 5.41) is 0. The lowest BCUT2D eigenvalue weighted by molar-refractivity contribution is -0.347. The van der Waals surface area contributed by atoms with E-state index in [1.54, 1.807) is 7.11 Å². The minimum atomic E-state index is -0.799. The van der Waals surface area contributed by atoms with Crippen LogP contribution in [0.2, 0.25) is 0 Å². The number of hydrogen-bond donors (Lipinski definition) is 0. The van der Waals surface area contributed by atoms with Crippen molar-refractivity contribution < 1.29 is 47.4 Å². The SMILES string of the molecule is C/C=C\C[C@H]1O[C@@H](COCc2ccccc2)[C@H](OCc2ccccc2)C[C@H](C)C[C@@H]1OC(=O)[C@@H](C)[C@H](OCc1ccccc1)[C@@H]1O[C@]2(CCCO2)[C@@H](C)[C@H](C)[C@H]1OCOC. The molecule has 0 aromatic heterocycles. The van der Waals surface area contributed by atoms with Crippen LogP contribution in [0.4, 0.5) is 0 Å². The molecule has 1 spiro atoms. The molecular weight excluding hydrogens is 761 g/mol. The fourth-order valence-corrected chi connectivity index (χ4v) is 8.97. The van der Waals surface area contributed by atoms with Gasteiger partial charge in [0, 0.05) is 19.4 Å². The Hall–Kier alpha value is -3.45. The molecule has 60 heavy (non-hydrogen) atoms. The van der Waals surface area contributed by atoms with E-state index in [4.69, 9.17) is 42.6 Å². The Morgan fingerprint density at radius 1 is 0.833 bits per heavy atom. The minimum Gasteiger partial charge on any atom is -0.459 e. The molecule has 0 bridgehead atoms. The van der Waals surface area contributed by atoms with Crippen LogP contribution in [0.25, 0.3) is 0 Å². The topological polar surface area (TPSA) is 100 Å². The van der Waals surface area contributed by atoms with Crippen molar-refractivity contribution in [2.75, 3.05) is 27.1 Å². The number of carbonyl (C=O) groups excluding carboxylic acids is 1. The maximum absolute atomic E-state index is 14.8. The third-order valence-corrected chi connectivity index (χ3v) is 12.5. The summed E-state index contributed by atoms with van der Waals surface area (Å²) in [6.07, 6.45) is 4.17. The molecule has 0 saturated carbocycles. The van der Waals surface area contributed by atoms with E-state index in [0.29, 0.717) is 45.7 Å². The molecule has 0 aliphatic carbocycles. The highest BCUT2D eigenvalue weighted by Gasteiger charge is 2.57. The lowest BCUT2D eigenvalue weighted by Gasteiger charge is -2.52. The molecule has 0 unspecified atom stereocenters. The second-order valence-electron chi connectivity index (χ2n) is 17.0. The fourth-order valence-electron chi connectivity index (χ4n) is 8.97. The van der Waals surface area contributed by atoms with Crippen LogP contribution in [0, 0.1) is 23.7 Å². The molecule has 10 nitrogen and oxygen atoms in total. The smallest absolute Gasteiger partial charge is 0.311 e. The lowest BCUT2D eigenvalue weighted by Crippen LogP contribution is -2.62. The van der Waals surface area contributed by atoms with Gasteiger partial charge < -0.3 is 42.6 Å². The summed E-state index contributed by atoms with van der Waals surface area (Å²) in [6, 6.07) is 30.3. The molecule has 10 heteroatoms. The van der Waals surface area contributed by atoms with Gasteiger partial charge in [0.05, 0.1) is 63.4 Å². The zero-order chi connectivity index (χ0) is 42.3. The molecule has 0 radical (unpaired) electrons. The van der Waals surface area contributed by atoms with Crippen LogP contribution in [0.1, 0.15) is 83.4 Å². The molecule has 328 valence electrons. The summed E-state index contributed by atoms with van der Waals surface area (Å²) in [5.74, 6) is -1.70. The van der Waals surface area contributed by atoms with Crippen LogP contribution in [0.3, 0.4) is 0 Å². The number of carbonyl (C=O) groups is 1. The molecule has 3 saturated heterocycles. The molecule has 0 N–H and O–H groups in total. The molecule has 3 aliphatic rings. The van der Waals surface area contributed by atoms with Gasteiger partial charge in [-0.2, -0.15) is 0 Å². The second kappa shape index (κ2) is 23.1. The first-order valence-electron chi connectivity index (χ1n) is 22.0. The number of esters is 1. The molecule has 3 fully saturated rings. The predicted octanol–water partition coefficient (Wildman–Crippen LogP) is 9.24. The normalized spacial score (nSPS) is 30.8. The Morgan fingerprint density at radius 2 is 1.47 bits per heavy atom. The number of ether oxygens (including phenoxy) is 9. The van der Waals surface area contributed by atoms with Gasteiger partial charge in [-0.3, -0.25) is 4.79 Å². The standard InChI is InChI=1S/C50H68O10/c1-7-8-25-42-44(29-35(2)28-43(54-31-40-21-14-10-15-22-40)45(58-42)33-53-30-39-19-12-9-13-20-39)59-49(51)37(4)47(55-32-41-23-16-11-17-24-41)48-46(56-34-52-6)36(3)38(5)50(60-48)26-18-27-57-50/h7-17,19-24,35-38,42-48H,18,25-34H2,1-6H3/b8-7-/t35-,36-,37-,38-,42+,43+,44-,45-,46+,47-,48+,50+/m0/s1. The van der Waals surface area contributed by atoms with E-state index in [-0.39, 0.29) is 43.2 Å². The van der Waals surface area contributed by atoms with E-state index in [9.17, 15) is 4.79 Å². The fraction of sp³-hybridized carbons (Fsp3) is 0.580. The molecule has 3 aromatic carbocycles. The van der Waals surface area contributed by atoms with E-state index in [1.165, 1.54) is 0 Å². The summed E-state index contributed by atoms with van der Waals surface area (Å²) >= 11 is 0. The predicted molar refractivity (Wildman–Crippen MR) is 230 cm³/mol. The Labute approximate surface area is 358 Å². The van der Waals surface area contributed by atoms with E-state index in [2.05, 4.69) is 51.1 Å². The van der Waals surface area contributed by atoms with Gasteiger partial charge in [-0.15, -0.1) is 0 Å². The number of allylic oxidation sites excluding steroid dienone is 1. The Kier molecular flexibility index (Phi) is 17.8. The van der Waals surface area contributed by atoms with Crippen LogP contribution < -0.4 is 0 Å². The third kappa shape index (κ3) is 12.3. The largest absolute Gasteiger partial charge is 0.459 e. The van der Waals surface area contributed by atoms with Gasteiger partial charge in [0.2, 0.25) is 0 Å². The van der Waals surface area contributed by atoms with E-state index in [0.717, 1.165) is 29.5 Å². The van der Waals surface area contributed by atoms with Gasteiger partial charge in [0.1, 0.15) is 25.1 Å². The maximum Gasteiger partial charge on any atom is 0.311 e. The van der Waals surface area contributed by atoms with Crippen molar-refractivity contribution in [1.82, 2.24) is 0 Å². The highest BCUT2D eigenvalue weighted by atomic mass is 16.7. The number of hydrogen-bond acceptors (Lipinski definition) is 10. The maximum atomic E-state index is 14.8. The van der Waals surface area contributed by atoms with Crippen molar-refractivity contribution in [2.45, 2.75) is 135 Å². The van der Waals surface area contributed by atoms with E-state index in [1.807, 2.05) is 86.7 Å². The lowest BCUT2D eigenvalue weighted by atomic mass is 9.76. The Balaban J connectivity index is 1.25. The number of benzene rings is 3. The monoisotopic (exact) mass is 828 g/mol. The average Bonchev–Trinajstić information content (AvgIpc) is 3.74. The molecule has 3 aromatic rings. The zero-order valence-corrected chi connectivity index (χ0v) is 36.5. The summed E-state index contributed by atoms with van der Waals surface area (Å²) < 4.78 is 58.7. The van der Waals surface area contributed by atoms with Gasteiger partial charge in [-0.05, 0) is 68.1 Å². The highest BCUT2D eigenvalue weighted by Crippen LogP contribution is 2.47. The van der Waals surface area contributed by atoms with Crippen molar-refractivity contribution in [3.63, 3.8) is 0 Å². The molecule has 0 amide bonds. The average molecular weight is 829 g/mol. The van der Waals surface area contributed by atoms with Crippen molar-refractivity contribution in [3.05, 3.63) is 120 Å². The van der Waals surface area contributed by atoms with Crippen LogP contribution in [-0.4, -0.2) is 81.6 Å². The number of methoxy groups -OCH3 is 1. The molecular formula is C50H68O10. The first-order chi connectivity index (χ1) is 29.2. The summed E-state index contributed by atoms with van der Waals surface area (Å²) in [7, 11) is 1.61. The van der Waals surface area contributed by atoms with Gasteiger partial charge in [0.15, 0.2) is 5.79 Å². The van der Waals surface area contributed by atoms with E-state index < -0.39 is 48.3 Å². The van der Waals surface area contributed by atoms with E-state index >= 15 is 0 Å². The summed E-state index contributed by atoms with van der Waals surface area (Å²) in [5.41, 5.74) is 3.16. The first kappa shape index (κ1) is 46.1. The molecule has 3 aliphatic heterocycles. The summed E-state index contributed by atoms with van der Waals surface area (Å²) in [6.45, 7) is 12.6. The van der Waals surface area contributed by atoms with Gasteiger partial charge in [0.25, 0.3) is 0 Å². The van der Waals surface area contributed by atoms with Gasteiger partial charge in [-0.1, -0.05) is 124 Å².